The van der Waals surface area contributed by atoms with E-state index in [1.165, 1.54) is 0 Å². The summed E-state index contributed by atoms with van der Waals surface area (Å²) in [5, 5.41) is 4.57. The summed E-state index contributed by atoms with van der Waals surface area (Å²) in [6.07, 6.45) is 1.79. The zero-order valence-corrected chi connectivity index (χ0v) is 13.6. The zero-order chi connectivity index (χ0) is 15.4. The quantitative estimate of drug-likeness (QED) is 0.837. The van der Waals surface area contributed by atoms with Gasteiger partial charge < -0.3 is 9.26 Å². The standard InChI is InChI=1S/C15H17ClN2O3S/c16-13-4-2-1-3-12(13)9-22(19)10-14-17-15(21-18-14)11-5-7-20-8-6-11/h1-4,11H,5-10H2/t22-/m1/s1. The lowest BCUT2D eigenvalue weighted by molar-refractivity contribution is 0.0778. The molecule has 0 N–H and O–H groups in total. The lowest BCUT2D eigenvalue weighted by Crippen LogP contribution is -2.14. The van der Waals surface area contributed by atoms with Gasteiger partial charge in [-0.1, -0.05) is 35.0 Å². The number of hydrogen-bond donors (Lipinski definition) is 0. The maximum atomic E-state index is 12.2. The van der Waals surface area contributed by atoms with Gasteiger partial charge in [-0.05, 0) is 24.5 Å². The number of hydrogen-bond acceptors (Lipinski definition) is 5. The molecule has 1 aromatic heterocycles. The molecule has 1 aliphatic rings. The SMILES string of the molecule is O=[S@@](Cc1noc(C2CCOCC2)n1)Cc1ccccc1Cl. The first-order valence-electron chi connectivity index (χ1n) is 7.21. The van der Waals surface area contributed by atoms with Crippen molar-refractivity contribution in [1.82, 2.24) is 10.1 Å². The summed E-state index contributed by atoms with van der Waals surface area (Å²) in [6.45, 7) is 1.45. The first-order valence-corrected chi connectivity index (χ1v) is 9.07. The molecule has 0 spiro atoms. The molecule has 0 radical (unpaired) electrons. The fourth-order valence-electron chi connectivity index (χ4n) is 2.42. The average molecular weight is 341 g/mol. The van der Waals surface area contributed by atoms with E-state index in [0.29, 0.717) is 22.5 Å². The fourth-order valence-corrected chi connectivity index (χ4v) is 3.81. The highest BCUT2D eigenvalue weighted by molar-refractivity contribution is 7.83. The van der Waals surface area contributed by atoms with Gasteiger partial charge in [0.25, 0.3) is 0 Å². The van der Waals surface area contributed by atoms with Crippen molar-refractivity contribution in [2.75, 3.05) is 13.2 Å². The van der Waals surface area contributed by atoms with Crippen molar-refractivity contribution < 1.29 is 13.5 Å². The van der Waals surface area contributed by atoms with E-state index < -0.39 is 10.8 Å². The van der Waals surface area contributed by atoms with E-state index >= 15 is 0 Å². The van der Waals surface area contributed by atoms with Crippen molar-refractivity contribution >= 4 is 22.4 Å². The Hall–Kier alpha value is -1.24. The molecule has 7 heteroatoms. The molecule has 1 aromatic carbocycles. The monoisotopic (exact) mass is 340 g/mol. The van der Waals surface area contributed by atoms with E-state index in [4.69, 9.17) is 20.9 Å². The van der Waals surface area contributed by atoms with Crippen molar-refractivity contribution in [3.63, 3.8) is 0 Å². The third-order valence-corrected chi connectivity index (χ3v) is 5.20. The number of halogens is 1. The van der Waals surface area contributed by atoms with Crippen LogP contribution < -0.4 is 0 Å². The molecule has 1 aliphatic heterocycles. The first kappa shape index (κ1) is 15.6. The molecule has 1 atom stereocenters. The molecule has 0 saturated carbocycles. The molecular formula is C15H17ClN2O3S. The van der Waals surface area contributed by atoms with Crippen LogP contribution in [-0.2, 0) is 27.0 Å². The first-order chi connectivity index (χ1) is 10.7. The second-order valence-electron chi connectivity index (χ2n) is 5.26. The topological polar surface area (TPSA) is 65.2 Å². The molecule has 22 heavy (non-hydrogen) atoms. The summed E-state index contributed by atoms with van der Waals surface area (Å²) in [7, 11) is -1.12. The van der Waals surface area contributed by atoms with Crippen LogP contribution in [0.2, 0.25) is 5.02 Å². The predicted octanol–water partition coefficient (Wildman–Crippen LogP) is 3.07. The molecule has 0 amide bonds. The van der Waals surface area contributed by atoms with Gasteiger partial charge in [0.1, 0.15) is 0 Å². The highest BCUT2D eigenvalue weighted by atomic mass is 35.5. The summed E-state index contributed by atoms with van der Waals surface area (Å²) < 4.78 is 22.9. The maximum Gasteiger partial charge on any atom is 0.229 e. The van der Waals surface area contributed by atoms with E-state index in [2.05, 4.69) is 10.1 Å². The Kier molecular flexibility index (Phi) is 5.23. The van der Waals surface area contributed by atoms with Crippen LogP contribution in [0.15, 0.2) is 28.8 Å². The van der Waals surface area contributed by atoms with E-state index in [-0.39, 0.29) is 11.7 Å². The number of rotatable bonds is 5. The van der Waals surface area contributed by atoms with Crippen molar-refractivity contribution in [3.05, 3.63) is 46.6 Å². The van der Waals surface area contributed by atoms with Gasteiger partial charge >= 0.3 is 0 Å². The lowest BCUT2D eigenvalue weighted by Gasteiger charge is -2.17. The normalized spacial score (nSPS) is 17.5. The molecule has 1 fully saturated rings. The fraction of sp³-hybridized carbons (Fsp3) is 0.467. The highest BCUT2D eigenvalue weighted by Crippen LogP contribution is 2.25. The molecule has 0 unspecified atom stereocenters. The van der Waals surface area contributed by atoms with Crippen LogP contribution in [0.5, 0.6) is 0 Å². The minimum atomic E-state index is -1.12. The van der Waals surface area contributed by atoms with Gasteiger partial charge in [0.2, 0.25) is 5.89 Å². The van der Waals surface area contributed by atoms with E-state index in [1.54, 1.807) is 6.07 Å². The highest BCUT2D eigenvalue weighted by Gasteiger charge is 2.22. The zero-order valence-electron chi connectivity index (χ0n) is 12.0. The van der Waals surface area contributed by atoms with E-state index in [0.717, 1.165) is 31.6 Å². The van der Waals surface area contributed by atoms with Gasteiger partial charge in [-0.3, -0.25) is 4.21 Å². The summed E-state index contributed by atoms with van der Waals surface area (Å²) in [5.74, 6) is 2.05. The second-order valence-corrected chi connectivity index (χ2v) is 7.12. The van der Waals surface area contributed by atoms with Gasteiger partial charge in [0, 0.05) is 35.0 Å². The van der Waals surface area contributed by atoms with Crippen LogP contribution in [0.4, 0.5) is 0 Å². The number of aromatic nitrogens is 2. The molecular weight excluding hydrogens is 324 g/mol. The van der Waals surface area contributed by atoms with E-state index in [1.807, 2.05) is 18.2 Å². The summed E-state index contributed by atoms with van der Waals surface area (Å²) in [6, 6.07) is 7.42. The molecule has 1 saturated heterocycles. The van der Waals surface area contributed by atoms with Crippen molar-refractivity contribution in [1.29, 1.82) is 0 Å². The predicted molar refractivity (Wildman–Crippen MR) is 84.1 cm³/mol. The van der Waals surface area contributed by atoms with Gasteiger partial charge in [0.05, 0.1) is 11.5 Å². The third-order valence-electron chi connectivity index (χ3n) is 3.62. The molecule has 0 aliphatic carbocycles. The molecule has 5 nitrogen and oxygen atoms in total. The van der Waals surface area contributed by atoms with Gasteiger partial charge in [-0.15, -0.1) is 0 Å². The Labute approximate surface area is 136 Å². The van der Waals surface area contributed by atoms with Crippen LogP contribution in [0.25, 0.3) is 0 Å². The molecule has 3 rings (SSSR count). The van der Waals surface area contributed by atoms with Crippen molar-refractivity contribution in [2.24, 2.45) is 0 Å². The Morgan fingerprint density at radius 2 is 2.00 bits per heavy atom. The van der Waals surface area contributed by atoms with Crippen LogP contribution in [0.1, 0.15) is 36.0 Å². The second kappa shape index (κ2) is 7.35. The van der Waals surface area contributed by atoms with Crippen LogP contribution in [0, 0.1) is 0 Å². The minimum absolute atomic E-state index is 0.256. The number of benzene rings is 1. The number of nitrogens with zero attached hydrogens (tertiary/aromatic N) is 2. The Morgan fingerprint density at radius 1 is 1.23 bits per heavy atom. The molecule has 118 valence electrons. The van der Waals surface area contributed by atoms with Gasteiger partial charge in [-0.2, -0.15) is 4.98 Å². The van der Waals surface area contributed by atoms with Crippen LogP contribution in [0.3, 0.4) is 0 Å². The molecule has 2 heterocycles. The molecule has 0 bridgehead atoms. The summed E-state index contributed by atoms with van der Waals surface area (Å²) in [4.78, 5) is 4.38. The summed E-state index contributed by atoms with van der Waals surface area (Å²) >= 11 is 6.08. The Balaban J connectivity index is 1.60. The lowest BCUT2D eigenvalue weighted by atomic mass is 10.0. The maximum absolute atomic E-state index is 12.2. The smallest absolute Gasteiger partial charge is 0.229 e. The van der Waals surface area contributed by atoms with Gasteiger partial charge in [0.15, 0.2) is 5.82 Å². The summed E-state index contributed by atoms with van der Waals surface area (Å²) in [5.41, 5.74) is 0.871. The van der Waals surface area contributed by atoms with Crippen molar-refractivity contribution in [3.8, 4) is 0 Å². The Morgan fingerprint density at radius 3 is 2.77 bits per heavy atom. The minimum Gasteiger partial charge on any atom is -0.381 e. The van der Waals surface area contributed by atoms with Crippen LogP contribution in [-0.4, -0.2) is 27.6 Å². The van der Waals surface area contributed by atoms with Crippen molar-refractivity contribution in [2.45, 2.75) is 30.3 Å². The van der Waals surface area contributed by atoms with Gasteiger partial charge in [-0.25, -0.2) is 0 Å². The van der Waals surface area contributed by atoms with Crippen LogP contribution >= 0.6 is 11.6 Å². The average Bonchev–Trinajstić information content (AvgIpc) is 2.99. The van der Waals surface area contributed by atoms with E-state index in [9.17, 15) is 4.21 Å². The number of ether oxygens (including phenoxy) is 1. The Bertz CT molecular complexity index is 656. The third kappa shape index (κ3) is 3.94. The molecule has 2 aromatic rings. The largest absolute Gasteiger partial charge is 0.381 e.